The Bertz CT molecular complexity index is 617. The number of hydrogen-bond acceptors (Lipinski definition) is 4. The van der Waals surface area contributed by atoms with E-state index in [1.165, 1.54) is 0 Å². The molecule has 1 heterocycles. The van der Waals surface area contributed by atoms with Crippen LogP contribution < -0.4 is 5.73 Å². The van der Waals surface area contributed by atoms with Crippen LogP contribution in [0.15, 0.2) is 35.5 Å². The minimum Gasteiger partial charge on any atom is -0.384 e. The summed E-state index contributed by atoms with van der Waals surface area (Å²) < 4.78 is 1.60. The van der Waals surface area contributed by atoms with Gasteiger partial charge < -0.3 is 10.6 Å². The molecule has 2 rings (SSSR count). The molecule has 0 aliphatic heterocycles. The van der Waals surface area contributed by atoms with E-state index >= 15 is 0 Å². The molecule has 1 fully saturated rings. The molecular formula is C15H20N4O2. The molecule has 2 N–H and O–H groups in total. The predicted molar refractivity (Wildman–Crippen MR) is 80.6 cm³/mol. The first-order valence-corrected chi connectivity index (χ1v) is 6.79. The van der Waals surface area contributed by atoms with E-state index in [-0.39, 0.29) is 11.1 Å². The van der Waals surface area contributed by atoms with Crippen molar-refractivity contribution in [3.05, 3.63) is 41.8 Å². The Morgan fingerprint density at radius 2 is 2.29 bits per heavy atom. The van der Waals surface area contributed by atoms with Gasteiger partial charge in [-0.15, -0.1) is 0 Å². The van der Waals surface area contributed by atoms with Crippen molar-refractivity contribution in [3.8, 4) is 0 Å². The van der Waals surface area contributed by atoms with Crippen LogP contribution in [0.4, 0.5) is 0 Å². The monoisotopic (exact) mass is 288 g/mol. The van der Waals surface area contributed by atoms with Gasteiger partial charge in [0, 0.05) is 12.7 Å². The minimum atomic E-state index is -0.613. The first kappa shape index (κ1) is 15.0. The number of rotatable bonds is 5. The third-order valence-corrected chi connectivity index (χ3v) is 3.87. The number of oxime groups is 1. The predicted octanol–water partition coefficient (Wildman–Crippen LogP) is 2.07. The zero-order chi connectivity index (χ0) is 15.6. The van der Waals surface area contributed by atoms with Crippen molar-refractivity contribution in [2.75, 3.05) is 0 Å². The van der Waals surface area contributed by atoms with E-state index in [1.807, 2.05) is 19.9 Å². The molecule has 21 heavy (non-hydrogen) atoms. The largest absolute Gasteiger partial charge is 0.385 e. The second-order valence-corrected chi connectivity index (χ2v) is 5.18. The highest BCUT2D eigenvalue weighted by Gasteiger charge is 2.49. The van der Waals surface area contributed by atoms with Crippen molar-refractivity contribution in [1.29, 1.82) is 0 Å². The number of carbonyl (C=O) groups is 1. The average Bonchev–Trinajstić information content (AvgIpc) is 3.19. The highest BCUT2D eigenvalue weighted by Crippen LogP contribution is 2.52. The van der Waals surface area contributed by atoms with E-state index in [1.54, 1.807) is 23.9 Å². The van der Waals surface area contributed by atoms with Crippen molar-refractivity contribution < 1.29 is 9.63 Å². The minimum absolute atomic E-state index is 0.214. The zero-order valence-corrected chi connectivity index (χ0v) is 12.6. The summed E-state index contributed by atoms with van der Waals surface area (Å²) >= 11 is 0. The number of allylic oxidation sites excluding steroid dienone is 2. The Hall–Kier alpha value is -2.37. The zero-order valence-electron chi connectivity index (χ0n) is 12.6. The lowest BCUT2D eigenvalue weighted by Crippen LogP contribution is -2.27. The fourth-order valence-corrected chi connectivity index (χ4v) is 2.29. The summed E-state index contributed by atoms with van der Waals surface area (Å²) in [5.41, 5.74) is 7.75. The molecule has 1 aliphatic rings. The van der Waals surface area contributed by atoms with Gasteiger partial charge in [0.1, 0.15) is 0 Å². The second-order valence-electron chi connectivity index (χ2n) is 5.18. The summed E-state index contributed by atoms with van der Waals surface area (Å²) in [6, 6.07) is 1.64. The van der Waals surface area contributed by atoms with Gasteiger partial charge in [0.05, 0.1) is 5.41 Å². The van der Waals surface area contributed by atoms with Crippen LogP contribution in [0.1, 0.15) is 35.9 Å². The number of nitrogens with zero attached hydrogens (tertiary/aromatic N) is 3. The normalized spacial score (nSPS) is 17.5. The van der Waals surface area contributed by atoms with Gasteiger partial charge in [-0.2, -0.15) is 5.10 Å². The number of aromatic nitrogens is 2. The van der Waals surface area contributed by atoms with Crippen molar-refractivity contribution in [2.24, 2.45) is 23.4 Å². The first-order valence-electron chi connectivity index (χ1n) is 6.79. The van der Waals surface area contributed by atoms with Crippen molar-refractivity contribution in [2.45, 2.75) is 26.7 Å². The maximum absolute atomic E-state index is 11.9. The number of hydrogen-bond donors (Lipinski definition) is 1. The lowest BCUT2D eigenvalue weighted by Gasteiger charge is -2.14. The molecule has 0 amide bonds. The molecule has 0 radical (unpaired) electrons. The summed E-state index contributed by atoms with van der Waals surface area (Å²) in [4.78, 5) is 16.8. The molecule has 0 saturated heterocycles. The number of nitrogens with two attached hydrogens (primary N) is 1. The SMILES string of the molecule is C=C/C(=C/C)C1(/C(N)=N/OC(=O)c2cc(C)n(C)n2)CC1. The molecular weight excluding hydrogens is 268 g/mol. The third-order valence-electron chi connectivity index (χ3n) is 3.87. The summed E-state index contributed by atoms with van der Waals surface area (Å²) in [7, 11) is 1.76. The summed E-state index contributed by atoms with van der Waals surface area (Å²) in [6.07, 6.45) is 5.48. The molecule has 112 valence electrons. The van der Waals surface area contributed by atoms with E-state index in [0.717, 1.165) is 24.1 Å². The Balaban J connectivity index is 2.11. The molecule has 0 bridgehead atoms. The smallest absolute Gasteiger partial charge is 0.384 e. The molecule has 0 aromatic carbocycles. The number of carbonyl (C=O) groups excluding carboxylic acids is 1. The van der Waals surface area contributed by atoms with Gasteiger partial charge in [-0.1, -0.05) is 23.9 Å². The molecule has 0 spiro atoms. The Labute approximate surface area is 123 Å². The van der Waals surface area contributed by atoms with Gasteiger partial charge in [0.15, 0.2) is 11.5 Å². The summed E-state index contributed by atoms with van der Waals surface area (Å²) in [5, 5.41) is 7.84. The topological polar surface area (TPSA) is 82.5 Å². The van der Waals surface area contributed by atoms with Gasteiger partial charge in [-0.3, -0.25) is 4.68 Å². The first-order chi connectivity index (χ1) is 9.94. The fourth-order valence-electron chi connectivity index (χ4n) is 2.29. The Kier molecular flexibility index (Phi) is 3.97. The average molecular weight is 288 g/mol. The molecule has 1 aliphatic carbocycles. The summed E-state index contributed by atoms with van der Waals surface area (Å²) in [5.74, 6) is -0.311. The van der Waals surface area contributed by atoms with Crippen molar-refractivity contribution >= 4 is 11.8 Å². The molecule has 6 heteroatoms. The molecule has 6 nitrogen and oxygen atoms in total. The highest BCUT2D eigenvalue weighted by molar-refractivity contribution is 5.94. The maximum Gasteiger partial charge on any atom is 0.385 e. The van der Waals surface area contributed by atoms with Crippen molar-refractivity contribution in [1.82, 2.24) is 9.78 Å². The van der Waals surface area contributed by atoms with Crippen LogP contribution in [-0.2, 0) is 11.9 Å². The van der Waals surface area contributed by atoms with Crippen LogP contribution in [-0.4, -0.2) is 21.6 Å². The van der Waals surface area contributed by atoms with Crippen molar-refractivity contribution in [3.63, 3.8) is 0 Å². The van der Waals surface area contributed by atoms with Crippen LogP contribution >= 0.6 is 0 Å². The Morgan fingerprint density at radius 3 is 2.71 bits per heavy atom. The van der Waals surface area contributed by atoms with Gasteiger partial charge in [0.25, 0.3) is 0 Å². The van der Waals surface area contributed by atoms with Gasteiger partial charge in [-0.05, 0) is 38.3 Å². The van der Waals surface area contributed by atoms with Gasteiger partial charge >= 0.3 is 5.97 Å². The van der Waals surface area contributed by atoms with E-state index < -0.39 is 5.97 Å². The lowest BCUT2D eigenvalue weighted by atomic mass is 9.94. The highest BCUT2D eigenvalue weighted by atomic mass is 16.7. The molecule has 0 atom stereocenters. The van der Waals surface area contributed by atoms with Crippen LogP contribution in [0.3, 0.4) is 0 Å². The lowest BCUT2D eigenvalue weighted by molar-refractivity contribution is 0.0505. The van der Waals surface area contributed by atoms with Crippen LogP contribution in [0.5, 0.6) is 0 Å². The molecule has 0 unspecified atom stereocenters. The number of aryl methyl sites for hydroxylation is 2. The van der Waals surface area contributed by atoms with Gasteiger partial charge in [-0.25, -0.2) is 4.79 Å². The maximum atomic E-state index is 11.9. The van der Waals surface area contributed by atoms with Crippen LogP contribution in [0.25, 0.3) is 0 Å². The van der Waals surface area contributed by atoms with E-state index in [0.29, 0.717) is 5.84 Å². The molecule has 1 saturated carbocycles. The standard InChI is InChI=1S/C15H20N4O2/c1-5-11(6-2)15(7-8-15)14(16)18-21-13(20)12-9-10(3)19(4)17-12/h5-6,9H,1,7-8H2,2-4H3,(H2,16,18)/b11-6-. The fraction of sp³-hybridized carbons (Fsp3) is 0.400. The van der Waals surface area contributed by atoms with Crippen LogP contribution in [0, 0.1) is 12.3 Å². The molecule has 1 aromatic heterocycles. The Morgan fingerprint density at radius 1 is 1.62 bits per heavy atom. The second kappa shape index (κ2) is 5.55. The quantitative estimate of drug-likeness (QED) is 0.295. The van der Waals surface area contributed by atoms with Crippen LogP contribution in [0.2, 0.25) is 0 Å². The van der Waals surface area contributed by atoms with E-state index in [9.17, 15) is 4.79 Å². The molecule has 1 aromatic rings. The third kappa shape index (κ3) is 2.74. The number of amidine groups is 1. The van der Waals surface area contributed by atoms with E-state index in [2.05, 4.69) is 16.8 Å². The van der Waals surface area contributed by atoms with Gasteiger partial charge in [0.2, 0.25) is 0 Å². The summed E-state index contributed by atoms with van der Waals surface area (Å²) in [6.45, 7) is 7.55. The van der Waals surface area contributed by atoms with E-state index in [4.69, 9.17) is 10.6 Å².